The van der Waals surface area contributed by atoms with Crippen molar-refractivity contribution in [3.63, 3.8) is 0 Å². The van der Waals surface area contributed by atoms with E-state index in [-0.39, 0.29) is 16.6 Å². The second-order valence-electron chi connectivity index (χ2n) is 8.81. The van der Waals surface area contributed by atoms with Crippen molar-refractivity contribution in [2.45, 2.75) is 78.9 Å². The van der Waals surface area contributed by atoms with E-state index in [1.54, 1.807) is 0 Å². The van der Waals surface area contributed by atoms with Crippen LogP contribution in [0.25, 0.3) is 0 Å². The molecule has 138 valence electrons. The molecule has 0 spiro atoms. The van der Waals surface area contributed by atoms with Crippen LogP contribution in [0, 0.1) is 0 Å². The quantitative estimate of drug-likeness (QED) is 0.434. The normalized spacial score (nSPS) is 12.9. The van der Waals surface area contributed by atoms with Crippen LogP contribution in [0.4, 0.5) is 17.8 Å². The minimum Gasteiger partial charge on any atom is -0.289 e. The molecule has 0 atom stereocenters. The number of hydrazine groups is 3. The van der Waals surface area contributed by atoms with Crippen LogP contribution in [0.1, 0.15) is 62.3 Å². The lowest BCUT2D eigenvalue weighted by atomic mass is 10.1. The van der Waals surface area contributed by atoms with Crippen LogP contribution in [-0.2, 0) is 0 Å². The highest BCUT2D eigenvalue weighted by molar-refractivity contribution is 5.41. The van der Waals surface area contributed by atoms with Crippen molar-refractivity contribution in [1.82, 2.24) is 31.2 Å². The zero-order chi connectivity index (χ0) is 18.6. The van der Waals surface area contributed by atoms with Crippen LogP contribution in [-0.4, -0.2) is 31.6 Å². The molecule has 0 unspecified atom stereocenters. The summed E-state index contributed by atoms with van der Waals surface area (Å²) in [7, 11) is 0. The molecule has 0 radical (unpaired) electrons. The van der Waals surface area contributed by atoms with E-state index in [2.05, 4.69) is 47.5 Å². The Kier molecular flexibility index (Phi) is 6.32. The summed E-state index contributed by atoms with van der Waals surface area (Å²) in [4.78, 5) is 13.0. The first-order valence-corrected chi connectivity index (χ1v) is 8.09. The average Bonchev–Trinajstić information content (AvgIpc) is 2.38. The molecular weight excluding hydrogens is 306 g/mol. The molecule has 0 saturated heterocycles. The van der Waals surface area contributed by atoms with E-state index >= 15 is 0 Å². The largest absolute Gasteiger partial charge is 0.289 e. The summed E-state index contributed by atoms with van der Waals surface area (Å²) in [6.07, 6.45) is 0. The van der Waals surface area contributed by atoms with Crippen LogP contribution in [0.2, 0.25) is 0 Å². The second-order valence-corrected chi connectivity index (χ2v) is 8.81. The predicted molar refractivity (Wildman–Crippen MR) is 99.4 cm³/mol. The molecule has 0 aliphatic heterocycles. The third kappa shape index (κ3) is 9.43. The molecule has 6 N–H and O–H groups in total. The Labute approximate surface area is 145 Å². The van der Waals surface area contributed by atoms with E-state index in [0.717, 1.165) is 0 Å². The Morgan fingerprint density at radius 2 is 0.667 bits per heavy atom. The van der Waals surface area contributed by atoms with Crippen molar-refractivity contribution in [2.75, 3.05) is 16.3 Å². The van der Waals surface area contributed by atoms with E-state index in [0.29, 0.717) is 17.8 Å². The summed E-state index contributed by atoms with van der Waals surface area (Å²) < 4.78 is 0. The lowest BCUT2D eigenvalue weighted by molar-refractivity contribution is 0.457. The van der Waals surface area contributed by atoms with Crippen LogP contribution in [0.3, 0.4) is 0 Å². The van der Waals surface area contributed by atoms with Crippen LogP contribution in [0.15, 0.2) is 0 Å². The average molecular weight is 339 g/mol. The van der Waals surface area contributed by atoms with Gasteiger partial charge in [0.15, 0.2) is 0 Å². The lowest BCUT2D eigenvalue weighted by Gasteiger charge is -2.24. The molecule has 1 aromatic rings. The van der Waals surface area contributed by atoms with Crippen molar-refractivity contribution < 1.29 is 0 Å². The van der Waals surface area contributed by atoms with Crippen LogP contribution in [0.5, 0.6) is 0 Å². The van der Waals surface area contributed by atoms with E-state index in [1.165, 1.54) is 0 Å². The smallest absolute Gasteiger partial charge is 0.244 e. The van der Waals surface area contributed by atoms with Gasteiger partial charge in [-0.25, -0.2) is 16.3 Å². The summed E-state index contributed by atoms with van der Waals surface area (Å²) in [6.45, 7) is 18.4. The summed E-state index contributed by atoms with van der Waals surface area (Å²) >= 11 is 0. The van der Waals surface area contributed by atoms with Gasteiger partial charge in [-0.2, -0.15) is 15.0 Å². The molecule has 0 bridgehead atoms. The van der Waals surface area contributed by atoms with Gasteiger partial charge in [-0.3, -0.25) is 16.3 Å². The number of anilines is 3. The highest BCUT2D eigenvalue weighted by Crippen LogP contribution is 2.10. The Morgan fingerprint density at radius 3 is 0.833 bits per heavy atom. The first kappa shape index (κ1) is 20.3. The molecule has 24 heavy (non-hydrogen) atoms. The molecule has 0 fully saturated rings. The van der Waals surface area contributed by atoms with E-state index in [1.807, 2.05) is 62.3 Å². The minimum absolute atomic E-state index is 0.124. The first-order valence-electron chi connectivity index (χ1n) is 8.09. The van der Waals surface area contributed by atoms with Crippen molar-refractivity contribution in [3.05, 3.63) is 0 Å². The maximum Gasteiger partial charge on any atom is 0.244 e. The van der Waals surface area contributed by atoms with Gasteiger partial charge in [0.1, 0.15) is 0 Å². The zero-order valence-electron chi connectivity index (χ0n) is 16.3. The third-order valence-electron chi connectivity index (χ3n) is 2.28. The first-order chi connectivity index (χ1) is 10.7. The van der Waals surface area contributed by atoms with E-state index in [9.17, 15) is 0 Å². The van der Waals surface area contributed by atoms with Gasteiger partial charge in [0.25, 0.3) is 0 Å². The van der Waals surface area contributed by atoms with Gasteiger partial charge in [-0.15, -0.1) is 0 Å². The van der Waals surface area contributed by atoms with Gasteiger partial charge in [0.2, 0.25) is 17.8 Å². The van der Waals surface area contributed by atoms with Gasteiger partial charge < -0.3 is 0 Å². The fourth-order valence-corrected chi connectivity index (χ4v) is 1.27. The molecular formula is C15H33N9. The Hall–Kier alpha value is -1.71. The molecule has 1 heterocycles. The molecule has 0 saturated carbocycles. The molecule has 0 aliphatic rings. The minimum atomic E-state index is -0.124. The molecule has 9 nitrogen and oxygen atoms in total. The fourth-order valence-electron chi connectivity index (χ4n) is 1.27. The fraction of sp³-hybridized carbons (Fsp3) is 0.800. The van der Waals surface area contributed by atoms with Crippen molar-refractivity contribution in [2.24, 2.45) is 0 Å². The van der Waals surface area contributed by atoms with Gasteiger partial charge >= 0.3 is 0 Å². The van der Waals surface area contributed by atoms with Crippen LogP contribution < -0.4 is 32.6 Å². The van der Waals surface area contributed by atoms with Crippen LogP contribution >= 0.6 is 0 Å². The number of hydrogen-bond donors (Lipinski definition) is 6. The van der Waals surface area contributed by atoms with Crippen molar-refractivity contribution >= 4 is 17.8 Å². The highest BCUT2D eigenvalue weighted by Gasteiger charge is 2.15. The maximum atomic E-state index is 4.35. The summed E-state index contributed by atoms with van der Waals surface area (Å²) in [5.41, 5.74) is 18.1. The third-order valence-corrected chi connectivity index (χ3v) is 2.28. The van der Waals surface area contributed by atoms with Gasteiger partial charge in [-0.1, -0.05) is 0 Å². The number of nitrogens with one attached hydrogen (secondary N) is 6. The monoisotopic (exact) mass is 339 g/mol. The summed E-state index contributed by atoms with van der Waals surface area (Å²) in [5, 5.41) is 0. The number of nitrogens with zero attached hydrogens (tertiary/aromatic N) is 3. The predicted octanol–water partition coefficient (Wildman–Crippen LogP) is 2.02. The Morgan fingerprint density at radius 1 is 0.458 bits per heavy atom. The number of hydrogen-bond acceptors (Lipinski definition) is 9. The highest BCUT2D eigenvalue weighted by atomic mass is 15.5. The molecule has 1 rings (SSSR count). The van der Waals surface area contributed by atoms with Crippen molar-refractivity contribution in [3.8, 4) is 0 Å². The molecule has 9 heteroatoms. The van der Waals surface area contributed by atoms with E-state index in [4.69, 9.17) is 0 Å². The standard InChI is InChI=1S/C15H33N9/c1-13(2,3)22-19-10-16-11(20-23-14(4,5)6)18-12(17-10)21-24-15(7,8)9/h22-24H,1-9H3,(H3,16,17,18,19,20,21). The molecule has 1 aromatic heterocycles. The summed E-state index contributed by atoms with van der Waals surface area (Å²) in [6, 6.07) is 0. The Balaban J connectivity index is 2.91. The zero-order valence-corrected chi connectivity index (χ0v) is 16.3. The summed E-state index contributed by atoms with van der Waals surface area (Å²) in [5.74, 6) is 1.24. The van der Waals surface area contributed by atoms with Crippen molar-refractivity contribution in [1.29, 1.82) is 0 Å². The van der Waals surface area contributed by atoms with Gasteiger partial charge in [0.05, 0.1) is 0 Å². The topological polar surface area (TPSA) is 111 Å². The van der Waals surface area contributed by atoms with E-state index < -0.39 is 0 Å². The maximum absolute atomic E-state index is 4.35. The second kappa shape index (κ2) is 7.45. The molecule has 0 aliphatic carbocycles. The molecule has 0 aromatic carbocycles. The van der Waals surface area contributed by atoms with Gasteiger partial charge in [0, 0.05) is 16.6 Å². The lowest BCUT2D eigenvalue weighted by Crippen LogP contribution is -2.43. The Bertz CT molecular complexity index is 435. The van der Waals surface area contributed by atoms with Gasteiger partial charge in [-0.05, 0) is 62.3 Å². The molecule has 0 amide bonds. The SMILES string of the molecule is CC(C)(C)NNc1nc(NNC(C)(C)C)nc(NNC(C)(C)C)n1. The number of rotatable bonds is 6. The number of aromatic nitrogens is 3.